The van der Waals surface area contributed by atoms with Gasteiger partial charge in [0.2, 0.25) is 0 Å². The fraction of sp³-hybridized carbons (Fsp3) is 0.0204. The first-order valence-corrected chi connectivity index (χ1v) is 17.8. The van der Waals surface area contributed by atoms with Crippen molar-refractivity contribution in [2.75, 3.05) is 0 Å². The molecule has 0 atom stereocenters. The van der Waals surface area contributed by atoms with Crippen molar-refractivity contribution in [2.24, 2.45) is 0 Å². The van der Waals surface area contributed by atoms with E-state index in [9.17, 15) is 0 Å². The predicted molar refractivity (Wildman–Crippen MR) is 212 cm³/mol. The summed E-state index contributed by atoms with van der Waals surface area (Å²) in [7, 11) is 0. The molecule has 1 spiro atoms. The number of benzene rings is 8. The Morgan fingerprint density at radius 3 is 1.20 bits per heavy atom. The minimum atomic E-state index is -0.394. The highest BCUT2D eigenvalue weighted by Crippen LogP contribution is 2.63. The molecule has 236 valence electrons. The van der Waals surface area contributed by atoms with E-state index < -0.39 is 5.41 Å². The first kappa shape index (κ1) is 27.2. The standard InChI is InChI=1S/C49H30N2/c1-5-19-41-33(11-1)34-12-2-6-20-42(34)49(41)43-25-23-29(31-15-9-17-37-35-13-3-7-21-45(35)50-47(31)37)27-39(43)40-28-30(24-26-44(40)49)32-16-10-18-38-36-14-4-8-22-46(36)51-48(32)38/h1-28,50-51H. The third-order valence-electron chi connectivity index (χ3n) is 11.8. The topological polar surface area (TPSA) is 31.6 Å². The van der Waals surface area contributed by atoms with Crippen molar-refractivity contribution in [2.45, 2.75) is 5.41 Å². The summed E-state index contributed by atoms with van der Waals surface area (Å²) in [6.07, 6.45) is 0. The van der Waals surface area contributed by atoms with Gasteiger partial charge in [0, 0.05) is 43.7 Å². The van der Waals surface area contributed by atoms with Gasteiger partial charge in [-0.3, -0.25) is 0 Å². The van der Waals surface area contributed by atoms with Crippen LogP contribution in [0.15, 0.2) is 170 Å². The third kappa shape index (κ3) is 3.42. The van der Waals surface area contributed by atoms with Gasteiger partial charge in [-0.05, 0) is 79.9 Å². The fourth-order valence-electron chi connectivity index (χ4n) is 9.71. The molecule has 0 bridgehead atoms. The highest BCUT2D eigenvalue weighted by molar-refractivity contribution is 6.13. The monoisotopic (exact) mass is 646 g/mol. The van der Waals surface area contributed by atoms with Gasteiger partial charge in [-0.1, -0.05) is 146 Å². The number of H-pyrrole nitrogens is 2. The van der Waals surface area contributed by atoms with Crippen LogP contribution < -0.4 is 0 Å². The molecule has 0 saturated heterocycles. The summed E-state index contributed by atoms with van der Waals surface area (Å²) in [6.45, 7) is 0. The number of aromatic amines is 2. The summed E-state index contributed by atoms with van der Waals surface area (Å²) in [6, 6.07) is 63.2. The fourth-order valence-corrected chi connectivity index (χ4v) is 9.71. The van der Waals surface area contributed by atoms with Crippen molar-refractivity contribution >= 4 is 43.6 Å². The third-order valence-corrected chi connectivity index (χ3v) is 11.8. The Hall–Kier alpha value is -6.64. The summed E-state index contributed by atoms with van der Waals surface area (Å²) < 4.78 is 0. The molecule has 12 rings (SSSR count). The molecule has 51 heavy (non-hydrogen) atoms. The Labute approximate surface area is 294 Å². The summed E-state index contributed by atoms with van der Waals surface area (Å²) in [4.78, 5) is 7.52. The molecule has 2 N–H and O–H groups in total. The lowest BCUT2D eigenvalue weighted by atomic mass is 9.70. The molecule has 2 aliphatic rings. The summed E-state index contributed by atoms with van der Waals surface area (Å²) >= 11 is 0. The number of fused-ring (bicyclic) bond motifs is 16. The molecule has 2 heterocycles. The highest BCUT2D eigenvalue weighted by atomic mass is 14.7. The van der Waals surface area contributed by atoms with E-state index in [1.54, 1.807) is 0 Å². The quantitative estimate of drug-likeness (QED) is 0.187. The average Bonchev–Trinajstić information content (AvgIpc) is 3.92. The second-order valence-corrected chi connectivity index (χ2v) is 14.2. The second kappa shape index (κ2) is 9.74. The second-order valence-electron chi connectivity index (χ2n) is 14.2. The lowest BCUT2D eigenvalue weighted by Crippen LogP contribution is -2.25. The zero-order valence-corrected chi connectivity index (χ0v) is 27.7. The first-order valence-electron chi connectivity index (χ1n) is 17.8. The largest absolute Gasteiger partial charge is 0.354 e. The predicted octanol–water partition coefficient (Wildman–Crippen LogP) is 12.6. The van der Waals surface area contributed by atoms with Crippen molar-refractivity contribution < 1.29 is 0 Å². The van der Waals surface area contributed by atoms with Crippen LogP contribution in [0.2, 0.25) is 0 Å². The van der Waals surface area contributed by atoms with E-state index in [4.69, 9.17) is 0 Å². The zero-order valence-electron chi connectivity index (χ0n) is 27.7. The number of hydrogen-bond acceptors (Lipinski definition) is 0. The highest BCUT2D eigenvalue weighted by Gasteiger charge is 2.51. The molecule has 10 aromatic rings. The zero-order chi connectivity index (χ0) is 33.3. The maximum absolute atomic E-state index is 3.76. The molecule has 0 unspecified atom stereocenters. The van der Waals surface area contributed by atoms with E-state index in [1.165, 1.54) is 110 Å². The molecule has 0 fully saturated rings. The van der Waals surface area contributed by atoms with Crippen LogP contribution in [0.3, 0.4) is 0 Å². The Bertz CT molecular complexity index is 2890. The van der Waals surface area contributed by atoms with E-state index in [2.05, 4.69) is 180 Å². The van der Waals surface area contributed by atoms with E-state index in [1.807, 2.05) is 0 Å². The number of nitrogens with one attached hydrogen (secondary N) is 2. The van der Waals surface area contributed by atoms with Gasteiger partial charge in [0.1, 0.15) is 0 Å². The molecular weight excluding hydrogens is 617 g/mol. The van der Waals surface area contributed by atoms with Gasteiger partial charge in [0.05, 0.1) is 16.4 Å². The number of aromatic nitrogens is 2. The molecule has 8 aromatic carbocycles. The van der Waals surface area contributed by atoms with Gasteiger partial charge in [-0.2, -0.15) is 0 Å². The Morgan fingerprint density at radius 1 is 0.294 bits per heavy atom. The van der Waals surface area contributed by atoms with Crippen LogP contribution in [0.4, 0.5) is 0 Å². The van der Waals surface area contributed by atoms with Crippen LogP contribution in [0.1, 0.15) is 22.3 Å². The number of hydrogen-bond donors (Lipinski definition) is 2. The molecule has 0 aliphatic heterocycles. The van der Waals surface area contributed by atoms with Crippen molar-refractivity contribution in [3.8, 4) is 44.5 Å². The normalized spacial score (nSPS) is 13.6. The van der Waals surface area contributed by atoms with Crippen molar-refractivity contribution in [1.29, 1.82) is 0 Å². The van der Waals surface area contributed by atoms with Gasteiger partial charge < -0.3 is 9.97 Å². The van der Waals surface area contributed by atoms with Crippen LogP contribution in [0, 0.1) is 0 Å². The van der Waals surface area contributed by atoms with Gasteiger partial charge in [-0.15, -0.1) is 0 Å². The van der Waals surface area contributed by atoms with E-state index >= 15 is 0 Å². The molecule has 2 nitrogen and oxygen atoms in total. The van der Waals surface area contributed by atoms with Crippen LogP contribution >= 0.6 is 0 Å². The molecule has 2 aromatic heterocycles. The van der Waals surface area contributed by atoms with Gasteiger partial charge in [-0.25, -0.2) is 0 Å². The Kier molecular flexibility index (Phi) is 5.20. The molecule has 2 aliphatic carbocycles. The smallest absolute Gasteiger partial charge is 0.0725 e. The van der Waals surface area contributed by atoms with Crippen molar-refractivity contribution in [3.05, 3.63) is 192 Å². The number of rotatable bonds is 2. The molecule has 0 radical (unpaired) electrons. The van der Waals surface area contributed by atoms with E-state index in [0.717, 1.165) is 0 Å². The van der Waals surface area contributed by atoms with E-state index in [-0.39, 0.29) is 0 Å². The molecular formula is C49H30N2. The first-order chi connectivity index (χ1) is 25.3. The minimum Gasteiger partial charge on any atom is -0.354 e. The van der Waals surface area contributed by atoms with Gasteiger partial charge >= 0.3 is 0 Å². The van der Waals surface area contributed by atoms with Crippen LogP contribution in [0.5, 0.6) is 0 Å². The Morgan fingerprint density at radius 2 is 0.686 bits per heavy atom. The maximum atomic E-state index is 3.76. The van der Waals surface area contributed by atoms with Gasteiger partial charge in [0.15, 0.2) is 0 Å². The molecule has 0 amide bonds. The van der Waals surface area contributed by atoms with Crippen molar-refractivity contribution in [1.82, 2.24) is 9.97 Å². The summed E-state index contributed by atoms with van der Waals surface area (Å²) in [5.41, 5.74) is 19.9. The maximum Gasteiger partial charge on any atom is 0.0725 e. The average molecular weight is 647 g/mol. The van der Waals surface area contributed by atoms with Crippen LogP contribution in [0.25, 0.3) is 88.1 Å². The Balaban J connectivity index is 1.16. The van der Waals surface area contributed by atoms with Gasteiger partial charge in [0.25, 0.3) is 0 Å². The summed E-state index contributed by atoms with van der Waals surface area (Å²) in [5, 5.41) is 5.03. The number of para-hydroxylation sites is 4. The lowest BCUT2D eigenvalue weighted by Gasteiger charge is -2.30. The van der Waals surface area contributed by atoms with Crippen molar-refractivity contribution in [3.63, 3.8) is 0 Å². The van der Waals surface area contributed by atoms with E-state index in [0.29, 0.717) is 0 Å². The SMILES string of the molecule is c1ccc2c(c1)-c1ccccc1C21c2ccc(-c3cccc4c3[nH]c3ccccc34)cc2-c2cc(-c3cccc4c3[nH]c3ccccc34)ccc21. The van der Waals surface area contributed by atoms with Crippen LogP contribution in [-0.4, -0.2) is 9.97 Å². The molecule has 2 heteroatoms. The summed E-state index contributed by atoms with van der Waals surface area (Å²) in [5.74, 6) is 0. The molecule has 0 saturated carbocycles. The van der Waals surface area contributed by atoms with Crippen LogP contribution in [-0.2, 0) is 5.41 Å². The lowest BCUT2D eigenvalue weighted by molar-refractivity contribution is 0.794. The minimum absolute atomic E-state index is 0.394.